The fraction of sp³-hybridized carbons (Fsp3) is 0.571. The monoisotopic (exact) mass is 267 g/mol. The maximum atomic E-state index is 11.9. The van der Waals surface area contributed by atoms with Gasteiger partial charge >= 0.3 is 0 Å². The van der Waals surface area contributed by atoms with Crippen molar-refractivity contribution >= 4 is 10.0 Å². The van der Waals surface area contributed by atoms with E-state index in [2.05, 4.69) is 24.3 Å². The summed E-state index contributed by atoms with van der Waals surface area (Å²) in [6.45, 7) is 2.70. The van der Waals surface area contributed by atoms with E-state index in [1.165, 1.54) is 11.8 Å². The summed E-state index contributed by atoms with van der Waals surface area (Å²) in [5.74, 6) is 0. The minimum absolute atomic E-state index is 0.0168. The Morgan fingerprint density at radius 3 is 2.39 bits per heavy atom. The average Bonchev–Trinajstić information content (AvgIpc) is 2.54. The SMILES string of the molecule is Cc1ccc([C@@H]2CCCCCN2S(C)(=O)=O)cc1. The van der Waals surface area contributed by atoms with Crippen LogP contribution in [-0.2, 0) is 10.0 Å². The van der Waals surface area contributed by atoms with E-state index in [-0.39, 0.29) is 6.04 Å². The summed E-state index contributed by atoms with van der Waals surface area (Å²) in [5, 5.41) is 0. The lowest BCUT2D eigenvalue weighted by atomic mass is 10.0. The van der Waals surface area contributed by atoms with E-state index in [0.29, 0.717) is 6.54 Å². The first kappa shape index (κ1) is 13.6. The summed E-state index contributed by atoms with van der Waals surface area (Å²) >= 11 is 0. The summed E-state index contributed by atoms with van der Waals surface area (Å²) in [7, 11) is -3.12. The Hall–Kier alpha value is -0.870. The van der Waals surface area contributed by atoms with Crippen LogP contribution in [0.15, 0.2) is 24.3 Å². The first-order chi connectivity index (χ1) is 8.48. The second kappa shape index (κ2) is 5.41. The summed E-state index contributed by atoms with van der Waals surface area (Å²) in [6.07, 6.45) is 5.43. The Balaban J connectivity index is 2.34. The molecule has 0 N–H and O–H groups in total. The molecule has 0 aromatic heterocycles. The van der Waals surface area contributed by atoms with Gasteiger partial charge in [0.2, 0.25) is 10.0 Å². The third kappa shape index (κ3) is 3.12. The van der Waals surface area contributed by atoms with Crippen LogP contribution in [-0.4, -0.2) is 25.5 Å². The zero-order chi connectivity index (χ0) is 13.2. The summed E-state index contributed by atoms with van der Waals surface area (Å²) < 4.78 is 25.5. The molecule has 0 radical (unpaired) electrons. The molecule has 1 aromatic rings. The third-order valence-electron chi connectivity index (χ3n) is 3.59. The van der Waals surface area contributed by atoms with E-state index in [9.17, 15) is 8.42 Å². The molecular weight excluding hydrogens is 246 g/mol. The summed E-state index contributed by atoms with van der Waals surface area (Å²) in [5.41, 5.74) is 2.33. The fourth-order valence-electron chi connectivity index (χ4n) is 2.60. The molecule has 1 aliphatic heterocycles. The lowest BCUT2D eigenvalue weighted by Gasteiger charge is -2.28. The van der Waals surface area contributed by atoms with Crippen molar-refractivity contribution in [2.45, 2.75) is 38.6 Å². The van der Waals surface area contributed by atoms with E-state index in [4.69, 9.17) is 0 Å². The maximum Gasteiger partial charge on any atom is 0.211 e. The Bertz CT molecular complexity index is 493. The topological polar surface area (TPSA) is 37.4 Å². The zero-order valence-corrected chi connectivity index (χ0v) is 11.9. The Labute approximate surface area is 110 Å². The first-order valence-electron chi connectivity index (χ1n) is 6.52. The van der Waals surface area contributed by atoms with Crippen LogP contribution in [0.5, 0.6) is 0 Å². The van der Waals surface area contributed by atoms with Crippen molar-refractivity contribution in [2.75, 3.05) is 12.8 Å². The fourth-order valence-corrected chi connectivity index (χ4v) is 3.75. The van der Waals surface area contributed by atoms with Gasteiger partial charge in [-0.05, 0) is 25.3 Å². The molecule has 1 aromatic carbocycles. The van der Waals surface area contributed by atoms with Crippen molar-refractivity contribution in [1.82, 2.24) is 4.31 Å². The molecule has 0 bridgehead atoms. The molecule has 0 saturated carbocycles. The number of benzene rings is 1. The van der Waals surface area contributed by atoms with Gasteiger partial charge in [0.25, 0.3) is 0 Å². The summed E-state index contributed by atoms with van der Waals surface area (Å²) in [4.78, 5) is 0. The van der Waals surface area contributed by atoms with Gasteiger partial charge in [0.15, 0.2) is 0 Å². The highest BCUT2D eigenvalue weighted by molar-refractivity contribution is 7.88. The van der Waals surface area contributed by atoms with Gasteiger partial charge in [0, 0.05) is 12.6 Å². The van der Waals surface area contributed by atoms with Crippen molar-refractivity contribution < 1.29 is 8.42 Å². The molecule has 1 aliphatic rings. The highest BCUT2D eigenvalue weighted by Gasteiger charge is 2.28. The predicted octanol–water partition coefficient (Wildman–Crippen LogP) is 2.87. The molecule has 18 heavy (non-hydrogen) atoms. The molecule has 3 nitrogen and oxygen atoms in total. The van der Waals surface area contributed by atoms with Crippen molar-refractivity contribution in [3.63, 3.8) is 0 Å². The molecule has 0 aliphatic carbocycles. The normalized spacial score (nSPS) is 22.7. The van der Waals surface area contributed by atoms with Gasteiger partial charge in [-0.1, -0.05) is 42.7 Å². The van der Waals surface area contributed by atoms with Crippen LogP contribution in [0.1, 0.15) is 42.9 Å². The number of nitrogens with zero attached hydrogens (tertiary/aromatic N) is 1. The van der Waals surface area contributed by atoms with E-state index in [0.717, 1.165) is 31.2 Å². The minimum atomic E-state index is -3.12. The molecule has 0 unspecified atom stereocenters. The second-order valence-electron chi connectivity index (χ2n) is 5.15. The van der Waals surface area contributed by atoms with Crippen LogP contribution >= 0.6 is 0 Å². The first-order valence-corrected chi connectivity index (χ1v) is 8.37. The molecule has 1 heterocycles. The zero-order valence-electron chi connectivity index (χ0n) is 11.1. The number of sulfonamides is 1. The van der Waals surface area contributed by atoms with Gasteiger partial charge in [-0.25, -0.2) is 8.42 Å². The highest BCUT2D eigenvalue weighted by atomic mass is 32.2. The van der Waals surface area contributed by atoms with Gasteiger partial charge in [0.1, 0.15) is 0 Å². The quantitative estimate of drug-likeness (QED) is 0.826. The lowest BCUT2D eigenvalue weighted by molar-refractivity contribution is 0.331. The second-order valence-corrected chi connectivity index (χ2v) is 7.08. The van der Waals surface area contributed by atoms with Gasteiger partial charge in [-0.2, -0.15) is 4.31 Å². The predicted molar refractivity (Wildman–Crippen MR) is 73.9 cm³/mol. The summed E-state index contributed by atoms with van der Waals surface area (Å²) in [6, 6.07) is 8.25. The van der Waals surface area contributed by atoms with Crippen molar-refractivity contribution in [1.29, 1.82) is 0 Å². The Kier molecular flexibility index (Phi) is 4.07. The largest absolute Gasteiger partial charge is 0.212 e. The van der Waals surface area contributed by atoms with Crippen molar-refractivity contribution in [2.24, 2.45) is 0 Å². The van der Waals surface area contributed by atoms with Gasteiger partial charge < -0.3 is 0 Å². The van der Waals surface area contributed by atoms with Crippen LogP contribution in [0, 0.1) is 6.92 Å². The molecule has 1 fully saturated rings. The van der Waals surface area contributed by atoms with Gasteiger partial charge in [0.05, 0.1) is 6.26 Å². The van der Waals surface area contributed by atoms with Crippen molar-refractivity contribution in [3.8, 4) is 0 Å². The molecule has 2 rings (SSSR count). The average molecular weight is 267 g/mol. The Morgan fingerprint density at radius 1 is 1.11 bits per heavy atom. The van der Waals surface area contributed by atoms with Crippen LogP contribution < -0.4 is 0 Å². The van der Waals surface area contributed by atoms with Gasteiger partial charge in [-0.15, -0.1) is 0 Å². The van der Waals surface area contributed by atoms with Crippen LogP contribution in [0.4, 0.5) is 0 Å². The molecule has 1 saturated heterocycles. The van der Waals surface area contributed by atoms with E-state index in [1.54, 1.807) is 4.31 Å². The van der Waals surface area contributed by atoms with Crippen LogP contribution in [0.2, 0.25) is 0 Å². The van der Waals surface area contributed by atoms with E-state index in [1.807, 2.05) is 6.92 Å². The number of hydrogen-bond donors (Lipinski definition) is 0. The smallest absolute Gasteiger partial charge is 0.211 e. The lowest BCUT2D eigenvalue weighted by Crippen LogP contribution is -2.33. The van der Waals surface area contributed by atoms with E-state index < -0.39 is 10.0 Å². The third-order valence-corrected chi connectivity index (χ3v) is 4.88. The highest BCUT2D eigenvalue weighted by Crippen LogP contribution is 2.31. The van der Waals surface area contributed by atoms with Crippen LogP contribution in [0.25, 0.3) is 0 Å². The van der Waals surface area contributed by atoms with Crippen molar-refractivity contribution in [3.05, 3.63) is 35.4 Å². The number of rotatable bonds is 2. The minimum Gasteiger partial charge on any atom is -0.212 e. The maximum absolute atomic E-state index is 11.9. The standard InChI is InChI=1S/C14H21NO2S/c1-12-7-9-13(10-8-12)14-6-4-3-5-11-15(14)18(2,16)17/h7-10,14H,3-6,11H2,1-2H3/t14-/m0/s1. The molecule has 1 atom stereocenters. The molecule has 0 spiro atoms. The van der Waals surface area contributed by atoms with Crippen LogP contribution in [0.3, 0.4) is 0 Å². The molecule has 100 valence electrons. The molecule has 0 amide bonds. The molecular formula is C14H21NO2S. The number of aryl methyl sites for hydroxylation is 1. The molecule has 4 heteroatoms. The Morgan fingerprint density at radius 2 is 1.78 bits per heavy atom. The number of hydrogen-bond acceptors (Lipinski definition) is 2. The van der Waals surface area contributed by atoms with Gasteiger partial charge in [-0.3, -0.25) is 0 Å². The van der Waals surface area contributed by atoms with E-state index >= 15 is 0 Å².